The highest BCUT2D eigenvalue weighted by Crippen LogP contribution is 1.92. The van der Waals surface area contributed by atoms with Gasteiger partial charge in [0.2, 0.25) is 0 Å². The Bertz CT molecular complexity index is 123. The number of unbranched alkanes of at least 4 members (excludes halogenated alkanes) is 2. The average Bonchev–Trinajstić information content (AvgIpc) is 1.99. The van der Waals surface area contributed by atoms with Crippen molar-refractivity contribution >= 4 is 0 Å². The van der Waals surface area contributed by atoms with E-state index in [1.807, 2.05) is 6.08 Å². The van der Waals surface area contributed by atoms with Crippen LogP contribution in [0.3, 0.4) is 0 Å². The summed E-state index contributed by atoms with van der Waals surface area (Å²) in [6.07, 6.45) is 5.82. The van der Waals surface area contributed by atoms with Crippen LogP contribution >= 0.6 is 0 Å². The van der Waals surface area contributed by atoms with E-state index in [1.165, 1.54) is 19.3 Å². The molecule has 0 amide bonds. The molecular weight excluding hydrogens is 134 g/mol. The van der Waals surface area contributed by atoms with Crippen molar-refractivity contribution in [2.75, 3.05) is 6.54 Å². The van der Waals surface area contributed by atoms with Gasteiger partial charge in [-0.25, -0.2) is 0 Å². The molecule has 0 aliphatic heterocycles. The molecule has 0 aliphatic carbocycles. The van der Waals surface area contributed by atoms with Gasteiger partial charge in [0.15, 0.2) is 0 Å². The fourth-order valence-corrected chi connectivity index (χ4v) is 0.940. The molecular formula is C10H19N. The van der Waals surface area contributed by atoms with E-state index in [9.17, 15) is 0 Å². The first-order valence-electron chi connectivity index (χ1n) is 4.40. The predicted molar refractivity (Wildman–Crippen MR) is 50.7 cm³/mol. The second-order valence-corrected chi connectivity index (χ2v) is 2.82. The summed E-state index contributed by atoms with van der Waals surface area (Å²) in [7, 11) is 0. The number of hydrogen-bond donors (Lipinski definition) is 1. The Morgan fingerprint density at radius 2 is 2.27 bits per heavy atom. The van der Waals surface area contributed by atoms with Gasteiger partial charge < -0.3 is 5.32 Å². The van der Waals surface area contributed by atoms with Crippen LogP contribution in [-0.4, -0.2) is 12.6 Å². The van der Waals surface area contributed by atoms with Gasteiger partial charge >= 0.3 is 0 Å². The Balaban J connectivity index is 3.17. The molecule has 1 heteroatoms. The zero-order valence-electron chi connectivity index (χ0n) is 7.69. The van der Waals surface area contributed by atoms with Gasteiger partial charge in [0, 0.05) is 6.04 Å². The second-order valence-electron chi connectivity index (χ2n) is 2.82. The molecule has 1 nitrogen and oxygen atoms in total. The molecule has 0 heterocycles. The highest BCUT2D eigenvalue weighted by Gasteiger charge is 1.92. The van der Waals surface area contributed by atoms with Gasteiger partial charge in [-0.2, -0.15) is 0 Å². The molecule has 1 atom stereocenters. The third kappa shape index (κ3) is 7.38. The summed E-state index contributed by atoms with van der Waals surface area (Å²) in [4.78, 5) is 0. The van der Waals surface area contributed by atoms with Gasteiger partial charge in [-0.1, -0.05) is 26.3 Å². The largest absolute Gasteiger partial charge is 0.310 e. The monoisotopic (exact) mass is 153 g/mol. The molecule has 0 fully saturated rings. The topological polar surface area (TPSA) is 12.0 Å². The Hall–Kier alpha value is -0.520. The minimum Gasteiger partial charge on any atom is -0.310 e. The van der Waals surface area contributed by atoms with Crippen molar-refractivity contribution in [1.29, 1.82) is 0 Å². The first-order valence-corrected chi connectivity index (χ1v) is 4.40. The van der Waals surface area contributed by atoms with Crippen molar-refractivity contribution in [3.05, 3.63) is 18.4 Å². The number of hydrogen-bond acceptors (Lipinski definition) is 1. The second kappa shape index (κ2) is 7.59. The lowest BCUT2D eigenvalue weighted by Crippen LogP contribution is -2.24. The summed E-state index contributed by atoms with van der Waals surface area (Å²) < 4.78 is 0. The van der Waals surface area contributed by atoms with Gasteiger partial charge in [0.05, 0.1) is 0 Å². The maximum absolute atomic E-state index is 3.52. The lowest BCUT2D eigenvalue weighted by Gasteiger charge is -2.06. The molecule has 0 aromatic carbocycles. The molecule has 0 saturated heterocycles. The van der Waals surface area contributed by atoms with Crippen LogP contribution in [0.25, 0.3) is 0 Å². The molecule has 64 valence electrons. The molecule has 0 bridgehead atoms. The molecule has 0 aromatic heterocycles. The fourth-order valence-electron chi connectivity index (χ4n) is 0.940. The molecule has 1 N–H and O–H groups in total. The Kier molecular flexibility index (Phi) is 7.23. The zero-order valence-corrected chi connectivity index (χ0v) is 7.69. The average molecular weight is 153 g/mol. The summed E-state index contributed by atoms with van der Waals surface area (Å²) in [5, 5.41) is 3.36. The lowest BCUT2D eigenvalue weighted by atomic mass is 10.2. The highest BCUT2D eigenvalue weighted by molar-refractivity contribution is 4.86. The minimum atomic E-state index is 0.421. The van der Waals surface area contributed by atoms with Crippen LogP contribution < -0.4 is 5.32 Å². The summed E-state index contributed by atoms with van der Waals surface area (Å²) in [6.45, 7) is 8.96. The maximum atomic E-state index is 3.52. The van der Waals surface area contributed by atoms with Gasteiger partial charge in [0.1, 0.15) is 0 Å². The Morgan fingerprint density at radius 1 is 1.55 bits per heavy atom. The third-order valence-corrected chi connectivity index (χ3v) is 1.61. The van der Waals surface area contributed by atoms with Crippen molar-refractivity contribution < 1.29 is 0 Å². The SMILES string of the molecule is C=C=CC(C)NCCCCC. The van der Waals surface area contributed by atoms with E-state index >= 15 is 0 Å². The van der Waals surface area contributed by atoms with E-state index in [0.29, 0.717) is 6.04 Å². The maximum Gasteiger partial charge on any atom is 0.0296 e. The minimum absolute atomic E-state index is 0.421. The van der Waals surface area contributed by atoms with Gasteiger partial charge in [-0.05, 0) is 26.0 Å². The normalized spacial score (nSPS) is 12.2. The molecule has 0 spiro atoms. The van der Waals surface area contributed by atoms with Crippen LogP contribution in [0.1, 0.15) is 33.1 Å². The van der Waals surface area contributed by atoms with Crippen molar-refractivity contribution in [2.45, 2.75) is 39.2 Å². The van der Waals surface area contributed by atoms with Crippen LogP contribution in [0.2, 0.25) is 0 Å². The van der Waals surface area contributed by atoms with E-state index in [1.54, 1.807) is 0 Å². The van der Waals surface area contributed by atoms with Crippen LogP contribution in [0, 0.1) is 0 Å². The van der Waals surface area contributed by atoms with E-state index in [-0.39, 0.29) is 0 Å². The summed E-state index contributed by atoms with van der Waals surface area (Å²) >= 11 is 0. The molecule has 0 aromatic rings. The van der Waals surface area contributed by atoms with Gasteiger partial charge in [-0.3, -0.25) is 0 Å². The van der Waals surface area contributed by atoms with E-state index in [4.69, 9.17) is 0 Å². The number of rotatable bonds is 6. The molecule has 11 heavy (non-hydrogen) atoms. The van der Waals surface area contributed by atoms with Crippen molar-refractivity contribution in [1.82, 2.24) is 5.32 Å². The Morgan fingerprint density at radius 3 is 2.82 bits per heavy atom. The van der Waals surface area contributed by atoms with Gasteiger partial charge in [0.25, 0.3) is 0 Å². The van der Waals surface area contributed by atoms with E-state index in [2.05, 4.69) is 31.5 Å². The van der Waals surface area contributed by atoms with Crippen LogP contribution in [0.5, 0.6) is 0 Å². The first kappa shape index (κ1) is 10.5. The highest BCUT2D eigenvalue weighted by atomic mass is 14.9. The van der Waals surface area contributed by atoms with Crippen LogP contribution in [0.15, 0.2) is 18.4 Å². The molecule has 0 aliphatic rings. The summed E-state index contributed by atoms with van der Waals surface area (Å²) in [6, 6.07) is 0.421. The Labute approximate surface area is 70.2 Å². The summed E-state index contributed by atoms with van der Waals surface area (Å²) in [5.74, 6) is 0. The first-order chi connectivity index (χ1) is 5.31. The fraction of sp³-hybridized carbons (Fsp3) is 0.700. The van der Waals surface area contributed by atoms with Crippen molar-refractivity contribution in [2.24, 2.45) is 0 Å². The predicted octanol–water partition coefficient (Wildman–Crippen LogP) is 2.50. The quantitative estimate of drug-likeness (QED) is 0.456. The van der Waals surface area contributed by atoms with Crippen LogP contribution in [0.4, 0.5) is 0 Å². The van der Waals surface area contributed by atoms with Crippen molar-refractivity contribution in [3.8, 4) is 0 Å². The van der Waals surface area contributed by atoms with E-state index < -0.39 is 0 Å². The lowest BCUT2D eigenvalue weighted by molar-refractivity contribution is 0.584. The van der Waals surface area contributed by atoms with Gasteiger partial charge in [-0.15, -0.1) is 5.73 Å². The molecule has 0 saturated carbocycles. The van der Waals surface area contributed by atoms with E-state index in [0.717, 1.165) is 6.54 Å². The zero-order chi connectivity index (χ0) is 8.53. The van der Waals surface area contributed by atoms with Crippen LogP contribution in [-0.2, 0) is 0 Å². The smallest absolute Gasteiger partial charge is 0.0296 e. The molecule has 1 unspecified atom stereocenters. The number of nitrogens with one attached hydrogen (secondary N) is 1. The molecule has 0 radical (unpaired) electrons. The third-order valence-electron chi connectivity index (χ3n) is 1.61. The standard InChI is InChI=1S/C10H19N/c1-4-6-7-9-11-10(3)8-5-2/h8,10-11H,2,4,6-7,9H2,1,3H3. The molecule has 0 rings (SSSR count). The summed E-state index contributed by atoms with van der Waals surface area (Å²) in [5.41, 5.74) is 2.77. The van der Waals surface area contributed by atoms with Crippen molar-refractivity contribution in [3.63, 3.8) is 0 Å².